The zero-order valence-electron chi connectivity index (χ0n) is 16.3. The molecule has 0 bridgehead atoms. The Kier molecular flexibility index (Phi) is 5.17. The Morgan fingerprint density at radius 3 is 2.53 bits per heavy atom. The minimum Gasteiger partial charge on any atom is -0.465 e. The number of amides is 1. The average molecular weight is 424 g/mol. The van der Waals surface area contributed by atoms with Gasteiger partial charge >= 0.3 is 5.97 Å². The first-order chi connectivity index (χ1) is 14.4. The molecule has 0 saturated heterocycles. The van der Waals surface area contributed by atoms with Crippen LogP contribution < -0.4 is 9.62 Å². The smallest absolute Gasteiger partial charge is 0.337 e. The maximum absolute atomic E-state index is 12.9. The molecular weight excluding hydrogens is 404 g/mol. The first kappa shape index (κ1) is 19.9. The van der Waals surface area contributed by atoms with Gasteiger partial charge in [-0.3, -0.25) is 9.10 Å². The highest BCUT2D eigenvalue weighted by atomic mass is 32.2. The second-order valence-corrected chi connectivity index (χ2v) is 8.76. The number of hydrogen-bond donors (Lipinski definition) is 1. The number of methoxy groups -OCH3 is 1. The molecule has 1 heterocycles. The quantitative estimate of drug-likeness (QED) is 0.611. The van der Waals surface area contributed by atoms with E-state index >= 15 is 0 Å². The molecule has 0 radical (unpaired) electrons. The molecule has 3 aromatic rings. The number of sulfonamides is 1. The molecule has 4 rings (SSSR count). The summed E-state index contributed by atoms with van der Waals surface area (Å²) in [6, 6.07) is 17.2. The summed E-state index contributed by atoms with van der Waals surface area (Å²) in [4.78, 5) is 24.2. The van der Waals surface area contributed by atoms with Crippen molar-refractivity contribution in [3.05, 3.63) is 66.2 Å². The summed E-state index contributed by atoms with van der Waals surface area (Å²) in [5, 5.41) is 4.33. The van der Waals surface area contributed by atoms with E-state index in [2.05, 4.69) is 10.1 Å². The molecule has 0 atom stereocenters. The number of anilines is 2. The van der Waals surface area contributed by atoms with Gasteiger partial charge in [-0.1, -0.05) is 30.3 Å². The van der Waals surface area contributed by atoms with E-state index in [1.165, 1.54) is 17.5 Å². The van der Waals surface area contributed by atoms with Crippen LogP contribution in [0, 0.1) is 0 Å². The number of nitrogens with one attached hydrogen (secondary N) is 1. The summed E-state index contributed by atoms with van der Waals surface area (Å²) in [6.45, 7) is 0.200. The predicted molar refractivity (Wildman–Crippen MR) is 114 cm³/mol. The predicted octanol–water partition coefficient (Wildman–Crippen LogP) is 3.55. The molecule has 1 aliphatic heterocycles. The number of nitrogens with zero attached hydrogens (tertiary/aromatic N) is 1. The van der Waals surface area contributed by atoms with Gasteiger partial charge in [0.05, 0.1) is 23.3 Å². The third-order valence-corrected chi connectivity index (χ3v) is 6.87. The third-order valence-electron chi connectivity index (χ3n) is 5.01. The van der Waals surface area contributed by atoms with Gasteiger partial charge < -0.3 is 10.1 Å². The van der Waals surface area contributed by atoms with Crippen LogP contribution in [0.3, 0.4) is 0 Å². The molecule has 8 heteroatoms. The van der Waals surface area contributed by atoms with Crippen molar-refractivity contribution in [1.82, 2.24) is 0 Å². The molecule has 0 aromatic heterocycles. The first-order valence-electron chi connectivity index (χ1n) is 9.44. The Hall–Kier alpha value is -3.39. The summed E-state index contributed by atoms with van der Waals surface area (Å²) in [5.74, 6) is -0.747. The highest BCUT2D eigenvalue weighted by Crippen LogP contribution is 2.41. The van der Waals surface area contributed by atoms with Crippen LogP contribution in [-0.2, 0) is 19.6 Å². The van der Waals surface area contributed by atoms with E-state index in [9.17, 15) is 18.0 Å². The molecule has 30 heavy (non-hydrogen) atoms. The maximum atomic E-state index is 12.9. The summed E-state index contributed by atoms with van der Waals surface area (Å²) < 4.78 is 31.9. The van der Waals surface area contributed by atoms with Gasteiger partial charge in [0.25, 0.3) is 10.0 Å². The number of rotatable bonds is 6. The SMILES string of the molecule is COC(=O)c1cccc(NC(=O)CCCN2c3cccc4cccc(c34)S2(=O)=O)c1. The highest BCUT2D eigenvalue weighted by molar-refractivity contribution is 7.93. The molecule has 1 amide bonds. The van der Waals surface area contributed by atoms with Crippen molar-refractivity contribution in [2.45, 2.75) is 17.7 Å². The number of ether oxygens (including phenoxy) is 1. The summed E-state index contributed by atoms with van der Waals surface area (Å²) >= 11 is 0. The Morgan fingerprint density at radius 1 is 1.03 bits per heavy atom. The standard InChI is InChI=1S/C22H20N2O5S/c1-29-22(26)16-8-2-9-17(14-16)23-20(25)12-5-13-24-18-10-3-6-15-7-4-11-19(21(15)18)30(24,27)28/h2-4,6-11,14H,5,12-13H2,1H3,(H,23,25). The highest BCUT2D eigenvalue weighted by Gasteiger charge is 2.35. The van der Waals surface area contributed by atoms with E-state index < -0.39 is 16.0 Å². The Morgan fingerprint density at radius 2 is 1.77 bits per heavy atom. The fourth-order valence-electron chi connectivity index (χ4n) is 3.65. The van der Waals surface area contributed by atoms with E-state index in [0.29, 0.717) is 28.3 Å². The van der Waals surface area contributed by atoms with Gasteiger partial charge in [0.2, 0.25) is 5.91 Å². The Labute approximate surface area is 174 Å². The van der Waals surface area contributed by atoms with Crippen molar-refractivity contribution in [1.29, 1.82) is 0 Å². The fraction of sp³-hybridized carbons (Fsp3) is 0.182. The van der Waals surface area contributed by atoms with Gasteiger partial charge in [-0.25, -0.2) is 13.2 Å². The molecule has 1 aliphatic rings. The van der Waals surface area contributed by atoms with Gasteiger partial charge in [-0.05, 0) is 42.1 Å². The molecule has 1 N–H and O–H groups in total. The molecular formula is C22H20N2O5S. The van der Waals surface area contributed by atoms with Gasteiger partial charge in [-0.2, -0.15) is 0 Å². The first-order valence-corrected chi connectivity index (χ1v) is 10.9. The number of hydrogen-bond acceptors (Lipinski definition) is 5. The number of benzene rings is 3. The zero-order valence-corrected chi connectivity index (χ0v) is 17.1. The van der Waals surface area contributed by atoms with E-state index in [-0.39, 0.29) is 18.9 Å². The van der Waals surface area contributed by atoms with E-state index in [0.717, 1.165) is 10.8 Å². The monoisotopic (exact) mass is 424 g/mol. The van der Waals surface area contributed by atoms with Crippen LogP contribution in [0.4, 0.5) is 11.4 Å². The maximum Gasteiger partial charge on any atom is 0.337 e. The third kappa shape index (κ3) is 3.50. The van der Waals surface area contributed by atoms with Crippen molar-refractivity contribution in [3.63, 3.8) is 0 Å². The largest absolute Gasteiger partial charge is 0.465 e. The summed E-state index contributed by atoms with van der Waals surface area (Å²) in [5.41, 5.74) is 1.47. The van der Waals surface area contributed by atoms with Gasteiger partial charge in [0, 0.05) is 24.0 Å². The lowest BCUT2D eigenvalue weighted by atomic mass is 10.1. The van der Waals surface area contributed by atoms with E-state index in [1.807, 2.05) is 18.2 Å². The van der Waals surface area contributed by atoms with Crippen molar-refractivity contribution in [3.8, 4) is 0 Å². The van der Waals surface area contributed by atoms with Crippen LogP contribution in [-0.4, -0.2) is 33.9 Å². The lowest BCUT2D eigenvalue weighted by Gasteiger charge is -2.18. The minimum atomic E-state index is -3.62. The second kappa shape index (κ2) is 7.79. The topological polar surface area (TPSA) is 92.8 Å². The zero-order chi connectivity index (χ0) is 21.3. The summed E-state index contributed by atoms with van der Waals surface area (Å²) in [7, 11) is -2.33. The minimum absolute atomic E-state index is 0.140. The summed E-state index contributed by atoms with van der Waals surface area (Å²) in [6.07, 6.45) is 0.493. The molecule has 154 valence electrons. The van der Waals surface area contributed by atoms with Crippen LogP contribution in [0.5, 0.6) is 0 Å². The number of carbonyl (C=O) groups is 2. The fourth-order valence-corrected chi connectivity index (χ4v) is 5.40. The van der Waals surface area contributed by atoms with Gasteiger partial charge in [-0.15, -0.1) is 0 Å². The molecule has 0 unspecified atom stereocenters. The van der Waals surface area contributed by atoms with Crippen molar-refractivity contribution >= 4 is 44.0 Å². The van der Waals surface area contributed by atoms with Crippen LogP contribution >= 0.6 is 0 Å². The number of esters is 1. The van der Waals surface area contributed by atoms with Crippen LogP contribution in [0.15, 0.2) is 65.6 Å². The van der Waals surface area contributed by atoms with Crippen LogP contribution in [0.2, 0.25) is 0 Å². The van der Waals surface area contributed by atoms with Crippen molar-refractivity contribution in [2.75, 3.05) is 23.3 Å². The van der Waals surface area contributed by atoms with Gasteiger partial charge in [0.1, 0.15) is 0 Å². The van der Waals surface area contributed by atoms with Crippen molar-refractivity contribution in [2.24, 2.45) is 0 Å². The molecule has 3 aromatic carbocycles. The van der Waals surface area contributed by atoms with Crippen molar-refractivity contribution < 1.29 is 22.7 Å². The molecule has 0 aliphatic carbocycles. The molecule has 0 fully saturated rings. The molecule has 0 saturated carbocycles. The second-order valence-electron chi connectivity index (χ2n) is 6.93. The van der Waals surface area contributed by atoms with Crippen LogP contribution in [0.1, 0.15) is 23.2 Å². The number of carbonyl (C=O) groups excluding carboxylic acids is 2. The van der Waals surface area contributed by atoms with E-state index in [4.69, 9.17) is 0 Å². The lowest BCUT2D eigenvalue weighted by Crippen LogP contribution is -2.29. The Balaban J connectivity index is 1.42. The van der Waals surface area contributed by atoms with Gasteiger partial charge in [0.15, 0.2) is 0 Å². The molecule has 7 nitrogen and oxygen atoms in total. The molecule has 0 spiro atoms. The lowest BCUT2D eigenvalue weighted by molar-refractivity contribution is -0.116. The normalized spacial score (nSPS) is 14.0. The van der Waals surface area contributed by atoms with E-state index in [1.54, 1.807) is 36.4 Å². The van der Waals surface area contributed by atoms with Crippen LogP contribution in [0.25, 0.3) is 10.8 Å². The average Bonchev–Trinajstić information content (AvgIpc) is 2.96. The Bertz CT molecular complexity index is 1250.